The Labute approximate surface area is 182 Å². The Morgan fingerprint density at radius 2 is 2.00 bits per heavy atom. The highest BCUT2D eigenvalue weighted by molar-refractivity contribution is 5.99. The topological polar surface area (TPSA) is 82.1 Å². The van der Waals surface area contributed by atoms with Crippen LogP contribution in [0, 0.1) is 12.3 Å². The first-order valence-corrected chi connectivity index (χ1v) is 10.7. The van der Waals surface area contributed by atoms with Crippen LogP contribution >= 0.6 is 0 Å². The van der Waals surface area contributed by atoms with Gasteiger partial charge in [-0.05, 0) is 49.9 Å². The average Bonchev–Trinajstić information content (AvgIpc) is 3.35. The number of carbonyl (C=O) groups is 2. The Kier molecular flexibility index (Phi) is 6.01. The van der Waals surface area contributed by atoms with E-state index < -0.39 is 11.4 Å². The Balaban J connectivity index is 1.47. The minimum atomic E-state index is -1.13. The first-order chi connectivity index (χ1) is 14.9. The van der Waals surface area contributed by atoms with Gasteiger partial charge in [0.2, 0.25) is 0 Å². The van der Waals surface area contributed by atoms with Crippen LogP contribution in [0.3, 0.4) is 0 Å². The molecule has 4 rings (SSSR count). The van der Waals surface area contributed by atoms with Gasteiger partial charge < -0.3 is 19.3 Å². The molecule has 0 unspecified atom stereocenters. The lowest BCUT2D eigenvalue weighted by Crippen LogP contribution is -2.42. The van der Waals surface area contributed by atoms with Crippen molar-refractivity contribution in [3.05, 3.63) is 59.2 Å². The van der Waals surface area contributed by atoms with E-state index >= 15 is 0 Å². The number of hydrogen-bond acceptors (Lipinski definition) is 5. The summed E-state index contributed by atoms with van der Waals surface area (Å²) in [6.07, 6.45) is 2.18. The molecule has 2 saturated heterocycles. The molecule has 2 aliphatic heterocycles. The summed E-state index contributed by atoms with van der Waals surface area (Å²) in [4.78, 5) is 25.1. The van der Waals surface area contributed by atoms with Gasteiger partial charge in [0.25, 0.3) is 0 Å². The zero-order chi connectivity index (χ0) is 22.0. The van der Waals surface area contributed by atoms with E-state index in [-0.39, 0.29) is 24.4 Å². The fraction of sp³-hybridized carbons (Fsp3) is 0.440. The standard InChI is InChI=1S/C25H28O6/c1-16-4-3-5-17(12-16)10-11-30-22-13-18(6-8-21(22)29-2)20(26)15-25(24(27)28)14-19-7-9-23(25)31-19/h3-6,8,12-13,19,23H,7,9-11,14-15H2,1-2H3,(H,27,28)/t19-,23+,25-/m1/s1. The van der Waals surface area contributed by atoms with Crippen molar-refractivity contribution >= 4 is 11.8 Å². The number of carboxylic acids is 1. The molecule has 1 N–H and O–H groups in total. The maximum Gasteiger partial charge on any atom is 0.312 e. The van der Waals surface area contributed by atoms with Crippen LogP contribution < -0.4 is 9.47 Å². The lowest BCUT2D eigenvalue weighted by atomic mass is 9.70. The number of hydrogen-bond donors (Lipinski definition) is 1. The van der Waals surface area contributed by atoms with Crippen molar-refractivity contribution in [1.82, 2.24) is 0 Å². The smallest absolute Gasteiger partial charge is 0.312 e. The van der Waals surface area contributed by atoms with Crippen molar-refractivity contribution in [2.45, 2.75) is 51.2 Å². The Hall–Kier alpha value is -2.86. The van der Waals surface area contributed by atoms with Gasteiger partial charge in [0.05, 0.1) is 25.9 Å². The third-order valence-corrected chi connectivity index (χ3v) is 6.43. The maximum atomic E-state index is 13.1. The van der Waals surface area contributed by atoms with E-state index in [0.29, 0.717) is 36.5 Å². The zero-order valence-corrected chi connectivity index (χ0v) is 17.9. The summed E-state index contributed by atoms with van der Waals surface area (Å²) in [6, 6.07) is 13.2. The summed E-state index contributed by atoms with van der Waals surface area (Å²) in [5, 5.41) is 9.89. The number of ether oxygens (including phenoxy) is 3. The van der Waals surface area contributed by atoms with E-state index in [2.05, 4.69) is 12.1 Å². The molecule has 0 spiro atoms. The van der Waals surface area contributed by atoms with E-state index in [4.69, 9.17) is 14.2 Å². The second kappa shape index (κ2) is 8.71. The van der Waals surface area contributed by atoms with Crippen LogP contribution in [0.2, 0.25) is 0 Å². The van der Waals surface area contributed by atoms with Gasteiger partial charge in [-0.3, -0.25) is 9.59 Å². The molecule has 2 aromatic rings. The van der Waals surface area contributed by atoms with E-state index in [1.54, 1.807) is 25.3 Å². The molecule has 3 atom stereocenters. The van der Waals surface area contributed by atoms with Crippen molar-refractivity contribution in [3.8, 4) is 11.5 Å². The second-order valence-electron chi connectivity index (χ2n) is 8.54. The lowest BCUT2D eigenvalue weighted by Gasteiger charge is -2.30. The molecule has 0 radical (unpaired) electrons. The number of aryl methyl sites for hydroxylation is 1. The number of ketones is 1. The minimum absolute atomic E-state index is 0.0507. The Morgan fingerprint density at radius 3 is 2.65 bits per heavy atom. The molecular formula is C25H28O6. The third kappa shape index (κ3) is 4.30. The summed E-state index contributed by atoms with van der Waals surface area (Å²) in [7, 11) is 1.55. The molecule has 164 valence electrons. The van der Waals surface area contributed by atoms with Gasteiger partial charge >= 0.3 is 5.97 Å². The van der Waals surface area contributed by atoms with E-state index in [0.717, 1.165) is 12.8 Å². The lowest BCUT2D eigenvalue weighted by molar-refractivity contribution is -0.152. The van der Waals surface area contributed by atoms with Crippen LogP contribution in [0.15, 0.2) is 42.5 Å². The van der Waals surface area contributed by atoms with Crippen LogP contribution in [0.1, 0.15) is 47.2 Å². The minimum Gasteiger partial charge on any atom is -0.493 e. The molecule has 2 aliphatic rings. The van der Waals surface area contributed by atoms with Crippen molar-refractivity contribution < 1.29 is 28.9 Å². The number of rotatable bonds is 9. The van der Waals surface area contributed by atoms with Crippen LogP contribution in [0.25, 0.3) is 0 Å². The van der Waals surface area contributed by atoms with Crippen LogP contribution in [0.4, 0.5) is 0 Å². The number of carboxylic acid groups (broad SMARTS) is 1. The highest BCUT2D eigenvalue weighted by Crippen LogP contribution is 2.50. The predicted molar refractivity (Wildman–Crippen MR) is 115 cm³/mol. The van der Waals surface area contributed by atoms with Crippen LogP contribution in [0.5, 0.6) is 11.5 Å². The summed E-state index contributed by atoms with van der Waals surface area (Å²) >= 11 is 0. The zero-order valence-electron chi connectivity index (χ0n) is 17.9. The fourth-order valence-corrected chi connectivity index (χ4v) is 4.78. The van der Waals surface area contributed by atoms with Gasteiger partial charge in [0.1, 0.15) is 5.41 Å². The average molecular weight is 424 g/mol. The van der Waals surface area contributed by atoms with Crippen LogP contribution in [-0.4, -0.2) is 42.8 Å². The molecular weight excluding hydrogens is 396 g/mol. The first kappa shape index (κ1) is 21.4. The predicted octanol–water partition coefficient (Wildman–Crippen LogP) is 4.22. The number of Topliss-reactive ketones (excluding diaryl/α,β-unsaturated/α-hetero) is 1. The monoisotopic (exact) mass is 424 g/mol. The fourth-order valence-electron chi connectivity index (χ4n) is 4.78. The van der Waals surface area contributed by atoms with Gasteiger partial charge in [-0.1, -0.05) is 29.8 Å². The molecule has 0 saturated carbocycles. The van der Waals surface area contributed by atoms with E-state index in [1.807, 2.05) is 19.1 Å². The number of carbonyl (C=O) groups excluding carboxylic acids is 1. The number of aliphatic carboxylic acids is 1. The highest BCUT2D eigenvalue weighted by Gasteiger charge is 2.58. The van der Waals surface area contributed by atoms with Crippen LogP contribution in [-0.2, 0) is 16.0 Å². The maximum absolute atomic E-state index is 13.1. The number of methoxy groups -OCH3 is 1. The summed E-state index contributed by atoms with van der Waals surface area (Å²) in [6.45, 7) is 2.49. The highest BCUT2D eigenvalue weighted by atomic mass is 16.5. The molecule has 6 heteroatoms. The van der Waals surface area contributed by atoms with Gasteiger partial charge in [0.15, 0.2) is 17.3 Å². The molecule has 0 aromatic heterocycles. The third-order valence-electron chi connectivity index (χ3n) is 6.43. The molecule has 2 bridgehead atoms. The largest absolute Gasteiger partial charge is 0.493 e. The molecule has 0 amide bonds. The SMILES string of the molecule is COc1ccc(C(=O)C[C@]2(C(=O)O)C[C@H]3CC[C@@H]2O3)cc1OCCc1cccc(C)c1. The molecule has 31 heavy (non-hydrogen) atoms. The first-order valence-electron chi connectivity index (χ1n) is 10.7. The van der Waals surface area contributed by atoms with Gasteiger partial charge in [-0.2, -0.15) is 0 Å². The van der Waals surface area contributed by atoms with E-state index in [9.17, 15) is 14.7 Å². The second-order valence-corrected chi connectivity index (χ2v) is 8.54. The molecule has 2 fully saturated rings. The van der Waals surface area contributed by atoms with Gasteiger partial charge in [0, 0.05) is 18.4 Å². The normalized spacial score (nSPS) is 24.2. The number of benzene rings is 2. The Morgan fingerprint density at radius 1 is 1.16 bits per heavy atom. The summed E-state index contributed by atoms with van der Waals surface area (Å²) in [5.74, 6) is -0.146. The summed E-state index contributed by atoms with van der Waals surface area (Å²) < 4.78 is 17.1. The van der Waals surface area contributed by atoms with E-state index in [1.165, 1.54) is 11.1 Å². The molecule has 6 nitrogen and oxygen atoms in total. The van der Waals surface area contributed by atoms with Crippen molar-refractivity contribution in [1.29, 1.82) is 0 Å². The van der Waals surface area contributed by atoms with Gasteiger partial charge in [-0.25, -0.2) is 0 Å². The van der Waals surface area contributed by atoms with Gasteiger partial charge in [-0.15, -0.1) is 0 Å². The molecule has 0 aliphatic carbocycles. The summed E-state index contributed by atoms with van der Waals surface area (Å²) in [5.41, 5.74) is 1.66. The molecule has 2 heterocycles. The van der Waals surface area contributed by atoms with Crippen molar-refractivity contribution in [2.24, 2.45) is 5.41 Å². The molecule has 2 aromatic carbocycles. The van der Waals surface area contributed by atoms with Crippen molar-refractivity contribution in [2.75, 3.05) is 13.7 Å². The van der Waals surface area contributed by atoms with Crippen molar-refractivity contribution in [3.63, 3.8) is 0 Å². The number of fused-ring (bicyclic) bond motifs is 2. The quantitative estimate of drug-likeness (QED) is 0.607. The Bertz CT molecular complexity index is 984.